The van der Waals surface area contributed by atoms with Gasteiger partial charge in [-0.1, -0.05) is 24.3 Å². The second-order valence-corrected chi connectivity index (χ2v) is 7.75. The second-order valence-electron chi connectivity index (χ2n) is 7.75. The Hall–Kier alpha value is -1.66. The van der Waals surface area contributed by atoms with Gasteiger partial charge >= 0.3 is 0 Å². The van der Waals surface area contributed by atoms with Crippen LogP contribution in [0, 0.1) is 0 Å². The first-order valence-corrected chi connectivity index (χ1v) is 10.4. The fraction of sp³-hybridized carbons (Fsp3) is 0.435. The quantitative estimate of drug-likeness (QED) is 0.686. The molecule has 8 heteroatoms. The fourth-order valence-electron chi connectivity index (χ4n) is 4.18. The molecule has 1 amide bonds. The molecule has 5 nitrogen and oxygen atoms in total. The van der Waals surface area contributed by atoms with Crippen LogP contribution in [0.1, 0.15) is 22.3 Å². The van der Waals surface area contributed by atoms with Crippen molar-refractivity contribution in [3.8, 4) is 0 Å². The molecule has 0 spiro atoms. The zero-order valence-corrected chi connectivity index (χ0v) is 20.4. The van der Waals surface area contributed by atoms with Crippen molar-refractivity contribution in [2.75, 3.05) is 63.1 Å². The number of benzene rings is 2. The number of rotatable bonds is 5. The van der Waals surface area contributed by atoms with Gasteiger partial charge < -0.3 is 15.1 Å². The average molecular weight is 488 g/mol. The lowest BCUT2D eigenvalue weighted by Crippen LogP contribution is -2.48. The second kappa shape index (κ2) is 13.0. The maximum atomic E-state index is 13.0. The molecule has 1 fully saturated rings. The molecule has 0 radical (unpaired) electrons. The number of amides is 1. The van der Waals surface area contributed by atoms with Gasteiger partial charge in [-0.05, 0) is 42.7 Å². The van der Waals surface area contributed by atoms with E-state index in [1.165, 1.54) is 11.3 Å². The van der Waals surface area contributed by atoms with Gasteiger partial charge in [0.15, 0.2) is 0 Å². The SMILES string of the molecule is CN(CCN1CCN(c2ccccc2)CC1)C(=O)c1cccc2c1CCCN2.Cl.Cl.Cl. The first kappa shape index (κ1) is 27.4. The van der Waals surface area contributed by atoms with Crippen molar-refractivity contribution in [3.63, 3.8) is 0 Å². The molecule has 0 bridgehead atoms. The van der Waals surface area contributed by atoms with Crippen molar-refractivity contribution in [2.45, 2.75) is 12.8 Å². The molecular formula is C23H33Cl3N4O. The number of fused-ring (bicyclic) bond motifs is 1. The normalized spacial score (nSPS) is 15.3. The molecule has 172 valence electrons. The van der Waals surface area contributed by atoms with Crippen LogP contribution in [0.5, 0.6) is 0 Å². The molecule has 2 aromatic carbocycles. The van der Waals surface area contributed by atoms with Crippen molar-refractivity contribution in [3.05, 3.63) is 59.7 Å². The smallest absolute Gasteiger partial charge is 0.253 e. The number of hydrogen-bond acceptors (Lipinski definition) is 4. The van der Waals surface area contributed by atoms with E-state index in [-0.39, 0.29) is 43.1 Å². The number of carbonyl (C=O) groups excluding carboxylic acids is 1. The molecule has 1 saturated heterocycles. The van der Waals surface area contributed by atoms with Gasteiger partial charge in [0.1, 0.15) is 0 Å². The molecule has 2 heterocycles. The molecule has 0 aromatic heterocycles. The van der Waals surface area contributed by atoms with Crippen LogP contribution < -0.4 is 10.2 Å². The molecule has 2 aromatic rings. The molecule has 0 unspecified atom stereocenters. The minimum atomic E-state index is 0. The zero-order chi connectivity index (χ0) is 19.3. The highest BCUT2D eigenvalue weighted by atomic mass is 35.5. The molecular weight excluding hydrogens is 455 g/mol. The summed E-state index contributed by atoms with van der Waals surface area (Å²) in [7, 11) is 1.93. The number of nitrogens with zero attached hydrogens (tertiary/aromatic N) is 3. The predicted molar refractivity (Wildman–Crippen MR) is 137 cm³/mol. The molecule has 0 aliphatic carbocycles. The molecule has 4 rings (SSSR count). The number of piperazine rings is 1. The molecule has 31 heavy (non-hydrogen) atoms. The Morgan fingerprint density at radius 2 is 1.68 bits per heavy atom. The number of nitrogens with one attached hydrogen (secondary N) is 1. The Labute approximate surface area is 204 Å². The summed E-state index contributed by atoms with van der Waals surface area (Å²) in [6, 6.07) is 16.7. The van der Waals surface area contributed by atoms with Gasteiger partial charge in [0.25, 0.3) is 5.91 Å². The molecule has 0 saturated carbocycles. The first-order valence-electron chi connectivity index (χ1n) is 10.4. The third-order valence-corrected chi connectivity index (χ3v) is 5.92. The third-order valence-electron chi connectivity index (χ3n) is 5.92. The number of hydrogen-bond donors (Lipinski definition) is 1. The van der Waals surface area contributed by atoms with Crippen molar-refractivity contribution in [1.29, 1.82) is 0 Å². The van der Waals surface area contributed by atoms with E-state index in [0.717, 1.165) is 69.9 Å². The maximum absolute atomic E-state index is 13.0. The van der Waals surface area contributed by atoms with E-state index in [1.807, 2.05) is 24.1 Å². The van der Waals surface area contributed by atoms with Crippen LogP contribution in [0.2, 0.25) is 0 Å². The summed E-state index contributed by atoms with van der Waals surface area (Å²) in [5.74, 6) is 0.142. The summed E-state index contributed by atoms with van der Waals surface area (Å²) in [5.41, 5.74) is 4.47. The summed E-state index contributed by atoms with van der Waals surface area (Å²) in [4.78, 5) is 19.8. The van der Waals surface area contributed by atoms with E-state index in [4.69, 9.17) is 0 Å². The van der Waals surface area contributed by atoms with Crippen LogP contribution in [0.4, 0.5) is 11.4 Å². The Balaban J connectivity index is 0.00000160. The number of para-hydroxylation sites is 1. The van der Waals surface area contributed by atoms with Crippen LogP contribution in [0.3, 0.4) is 0 Å². The topological polar surface area (TPSA) is 38.8 Å². The monoisotopic (exact) mass is 486 g/mol. The number of likely N-dealkylation sites (N-methyl/N-ethyl adjacent to an activating group) is 1. The van der Waals surface area contributed by atoms with E-state index in [2.05, 4.69) is 51.5 Å². The van der Waals surface area contributed by atoms with Crippen LogP contribution in [0.15, 0.2) is 48.5 Å². The van der Waals surface area contributed by atoms with Gasteiger partial charge in [0, 0.05) is 69.8 Å². The third kappa shape index (κ3) is 6.66. The number of halogens is 3. The van der Waals surface area contributed by atoms with Crippen LogP contribution in [0.25, 0.3) is 0 Å². The van der Waals surface area contributed by atoms with Crippen LogP contribution in [-0.2, 0) is 6.42 Å². The highest BCUT2D eigenvalue weighted by Gasteiger charge is 2.21. The van der Waals surface area contributed by atoms with E-state index in [9.17, 15) is 4.79 Å². The lowest BCUT2D eigenvalue weighted by Gasteiger charge is -2.36. The molecule has 2 aliphatic heterocycles. The van der Waals surface area contributed by atoms with E-state index in [1.54, 1.807) is 0 Å². The summed E-state index contributed by atoms with van der Waals surface area (Å²) in [5, 5.41) is 3.41. The standard InChI is InChI=1S/C23H30N4O.3ClH/c1-25(23(28)21-9-5-11-22-20(21)10-6-12-24-22)13-14-26-15-17-27(18-16-26)19-7-3-2-4-8-19;;;/h2-5,7-9,11,24H,6,10,12-18H2,1H3;3*1H. The highest BCUT2D eigenvalue weighted by Crippen LogP contribution is 2.26. The van der Waals surface area contributed by atoms with Gasteiger partial charge in [0.2, 0.25) is 0 Å². The fourth-order valence-corrected chi connectivity index (χ4v) is 4.18. The first-order chi connectivity index (χ1) is 13.7. The number of carbonyl (C=O) groups is 1. The van der Waals surface area contributed by atoms with Gasteiger partial charge in [0.05, 0.1) is 0 Å². The Morgan fingerprint density at radius 1 is 0.968 bits per heavy atom. The molecule has 0 atom stereocenters. The predicted octanol–water partition coefficient (Wildman–Crippen LogP) is 4.20. The number of anilines is 2. The van der Waals surface area contributed by atoms with Crippen molar-refractivity contribution < 1.29 is 4.79 Å². The van der Waals surface area contributed by atoms with Crippen molar-refractivity contribution in [1.82, 2.24) is 9.80 Å². The summed E-state index contributed by atoms with van der Waals surface area (Å²) in [6.07, 6.45) is 2.08. The Bertz CT molecular complexity index is 814. The van der Waals surface area contributed by atoms with Gasteiger partial charge in [-0.3, -0.25) is 9.69 Å². The highest BCUT2D eigenvalue weighted by molar-refractivity contribution is 5.97. The lowest BCUT2D eigenvalue weighted by atomic mass is 9.97. The summed E-state index contributed by atoms with van der Waals surface area (Å²) >= 11 is 0. The van der Waals surface area contributed by atoms with Crippen LogP contribution in [-0.4, -0.2) is 68.6 Å². The van der Waals surface area contributed by atoms with Crippen molar-refractivity contribution >= 4 is 54.5 Å². The summed E-state index contributed by atoms with van der Waals surface area (Å²) < 4.78 is 0. The van der Waals surface area contributed by atoms with Crippen LogP contribution >= 0.6 is 37.2 Å². The van der Waals surface area contributed by atoms with E-state index < -0.39 is 0 Å². The largest absolute Gasteiger partial charge is 0.385 e. The Morgan fingerprint density at radius 3 is 2.39 bits per heavy atom. The summed E-state index contributed by atoms with van der Waals surface area (Å²) in [6.45, 7) is 6.86. The minimum absolute atomic E-state index is 0. The van der Waals surface area contributed by atoms with E-state index >= 15 is 0 Å². The molecule has 2 aliphatic rings. The lowest BCUT2D eigenvalue weighted by molar-refractivity contribution is 0.0775. The zero-order valence-electron chi connectivity index (χ0n) is 18.0. The minimum Gasteiger partial charge on any atom is -0.385 e. The van der Waals surface area contributed by atoms with Crippen molar-refractivity contribution in [2.24, 2.45) is 0 Å². The maximum Gasteiger partial charge on any atom is 0.253 e. The van der Waals surface area contributed by atoms with Gasteiger partial charge in [-0.2, -0.15) is 0 Å². The average Bonchev–Trinajstić information content (AvgIpc) is 2.77. The van der Waals surface area contributed by atoms with Gasteiger partial charge in [-0.15, -0.1) is 37.2 Å². The Kier molecular flexibility index (Phi) is 11.5. The molecule has 1 N–H and O–H groups in total. The van der Waals surface area contributed by atoms with E-state index in [0.29, 0.717) is 0 Å². The van der Waals surface area contributed by atoms with Gasteiger partial charge in [-0.25, -0.2) is 0 Å².